The molecule has 2 aliphatic rings. The molecule has 0 aromatic heterocycles. The van der Waals surface area contributed by atoms with Crippen LogP contribution in [0, 0.1) is 0 Å². The number of piperidine rings is 1. The summed E-state index contributed by atoms with van der Waals surface area (Å²) in [6.45, 7) is 5.84. The number of methoxy groups -OCH3 is 2. The number of rotatable bonds is 11. The summed E-state index contributed by atoms with van der Waals surface area (Å²) in [7, 11) is 3.48. The van der Waals surface area contributed by atoms with Crippen LogP contribution in [0.3, 0.4) is 0 Å². The normalized spacial score (nSPS) is 17.6. The second-order valence-corrected chi connectivity index (χ2v) is 10.6. The summed E-state index contributed by atoms with van der Waals surface area (Å²) < 4.78 is 17.0. The lowest BCUT2D eigenvalue weighted by Gasteiger charge is -2.27. The van der Waals surface area contributed by atoms with Crippen molar-refractivity contribution < 1.29 is 14.2 Å². The van der Waals surface area contributed by atoms with E-state index in [4.69, 9.17) is 14.2 Å². The van der Waals surface area contributed by atoms with Gasteiger partial charge in [-0.2, -0.15) is 0 Å². The fraction of sp³-hybridized carbons (Fsp3) is 0.455. The molecule has 5 heteroatoms. The van der Waals surface area contributed by atoms with Crippen LogP contribution in [0.25, 0.3) is 0 Å². The van der Waals surface area contributed by atoms with Gasteiger partial charge in [-0.1, -0.05) is 30.7 Å². The Morgan fingerprint density at radius 2 is 1.53 bits per heavy atom. The predicted molar refractivity (Wildman–Crippen MR) is 154 cm³/mol. The molecular weight excluding hydrogens is 472 g/mol. The highest BCUT2D eigenvalue weighted by Crippen LogP contribution is 2.36. The van der Waals surface area contributed by atoms with E-state index in [-0.39, 0.29) is 0 Å². The molecule has 38 heavy (non-hydrogen) atoms. The van der Waals surface area contributed by atoms with E-state index in [0.29, 0.717) is 5.92 Å². The fourth-order valence-corrected chi connectivity index (χ4v) is 5.90. The smallest absolute Gasteiger partial charge is 0.119 e. The Morgan fingerprint density at radius 3 is 2.32 bits per heavy atom. The van der Waals surface area contributed by atoms with E-state index in [1.54, 1.807) is 14.2 Å². The molecule has 5 rings (SSSR count). The van der Waals surface area contributed by atoms with Gasteiger partial charge in [-0.15, -0.1) is 0 Å². The number of fused-ring (bicyclic) bond motifs is 1. The Hall–Kier alpha value is -3.02. The number of aryl methyl sites for hydroxylation is 1. The van der Waals surface area contributed by atoms with Gasteiger partial charge in [0.15, 0.2) is 0 Å². The minimum atomic E-state index is 0.514. The van der Waals surface area contributed by atoms with Gasteiger partial charge in [0.2, 0.25) is 0 Å². The number of likely N-dealkylation sites (tertiary alicyclic amines) is 1. The number of ether oxygens (including phenoxy) is 3. The monoisotopic (exact) mass is 514 g/mol. The first-order chi connectivity index (χ1) is 18.7. The fourth-order valence-electron chi connectivity index (χ4n) is 5.90. The van der Waals surface area contributed by atoms with Gasteiger partial charge in [0.25, 0.3) is 0 Å². The molecule has 1 aliphatic heterocycles. The molecule has 1 unspecified atom stereocenters. The first-order valence-corrected chi connectivity index (χ1v) is 14.2. The maximum atomic E-state index is 6.00. The number of benzene rings is 3. The summed E-state index contributed by atoms with van der Waals surface area (Å²) in [5.74, 6) is 3.34. The molecule has 202 valence electrons. The van der Waals surface area contributed by atoms with E-state index < -0.39 is 0 Å². The maximum absolute atomic E-state index is 6.00. The Morgan fingerprint density at radius 1 is 0.789 bits per heavy atom. The van der Waals surface area contributed by atoms with Crippen molar-refractivity contribution in [2.45, 2.75) is 57.5 Å². The van der Waals surface area contributed by atoms with Gasteiger partial charge in [-0.25, -0.2) is 0 Å². The molecule has 0 amide bonds. The molecule has 0 radical (unpaired) electrons. The molecule has 3 aromatic rings. The van der Waals surface area contributed by atoms with Gasteiger partial charge in [-0.05, 0) is 115 Å². The first kappa shape index (κ1) is 26.6. The van der Waals surface area contributed by atoms with Crippen molar-refractivity contribution in [2.75, 3.05) is 40.5 Å². The van der Waals surface area contributed by atoms with Gasteiger partial charge in [0, 0.05) is 19.6 Å². The van der Waals surface area contributed by atoms with Gasteiger partial charge in [0.05, 0.1) is 14.2 Å². The van der Waals surface area contributed by atoms with Crippen molar-refractivity contribution >= 4 is 0 Å². The van der Waals surface area contributed by atoms with Gasteiger partial charge in [-0.3, -0.25) is 4.90 Å². The number of nitrogens with zero attached hydrogens (tertiary/aromatic N) is 1. The second kappa shape index (κ2) is 13.2. The molecule has 1 fully saturated rings. The Kier molecular flexibility index (Phi) is 9.21. The van der Waals surface area contributed by atoms with E-state index in [9.17, 15) is 0 Å². The zero-order valence-electron chi connectivity index (χ0n) is 23.0. The molecule has 1 heterocycles. The van der Waals surface area contributed by atoms with E-state index in [0.717, 1.165) is 62.8 Å². The molecule has 1 atom stereocenters. The summed E-state index contributed by atoms with van der Waals surface area (Å²) in [4.78, 5) is 2.51. The van der Waals surface area contributed by atoms with Crippen LogP contribution < -0.4 is 19.5 Å². The van der Waals surface area contributed by atoms with Crippen LogP contribution in [-0.4, -0.2) is 45.4 Å². The molecule has 0 bridgehead atoms. The summed E-state index contributed by atoms with van der Waals surface area (Å²) in [6.07, 6.45) is 7.32. The van der Waals surface area contributed by atoms with E-state index in [1.807, 2.05) is 0 Å². The van der Waals surface area contributed by atoms with Crippen molar-refractivity contribution in [2.24, 2.45) is 0 Å². The summed E-state index contributed by atoms with van der Waals surface area (Å²) in [6, 6.07) is 21.6. The van der Waals surface area contributed by atoms with Crippen LogP contribution in [0.5, 0.6) is 17.2 Å². The Balaban J connectivity index is 1.16. The van der Waals surface area contributed by atoms with E-state index in [2.05, 4.69) is 70.9 Å². The standard InChI is InChI=1S/C33H42N2O3/c1-36-31-13-10-26-20-28(9-8-27(26)21-31)33-15-14-32(37-2)22-29(33)24-34-23-25-6-11-30(12-7-25)38-19-18-35-16-4-3-5-17-35/h6-7,10-15,21-22,28,34H,3-5,8-9,16-20,23-24H2,1-2H3. The minimum Gasteiger partial charge on any atom is -0.497 e. The maximum Gasteiger partial charge on any atom is 0.119 e. The molecule has 1 N–H and O–H groups in total. The van der Waals surface area contributed by atoms with Gasteiger partial charge in [0.1, 0.15) is 23.9 Å². The van der Waals surface area contributed by atoms with Crippen molar-refractivity contribution in [1.29, 1.82) is 0 Å². The highest BCUT2D eigenvalue weighted by atomic mass is 16.5. The third-order valence-corrected chi connectivity index (χ3v) is 8.12. The van der Waals surface area contributed by atoms with E-state index in [1.165, 1.54) is 60.2 Å². The quantitative estimate of drug-likeness (QED) is 0.333. The first-order valence-electron chi connectivity index (χ1n) is 14.2. The average molecular weight is 515 g/mol. The summed E-state index contributed by atoms with van der Waals surface area (Å²) >= 11 is 0. The molecular formula is C33H42N2O3. The van der Waals surface area contributed by atoms with Gasteiger partial charge >= 0.3 is 0 Å². The van der Waals surface area contributed by atoms with Crippen molar-refractivity contribution in [1.82, 2.24) is 10.2 Å². The molecule has 5 nitrogen and oxygen atoms in total. The number of hydrogen-bond donors (Lipinski definition) is 1. The van der Waals surface area contributed by atoms with Crippen LogP contribution in [-0.2, 0) is 25.9 Å². The van der Waals surface area contributed by atoms with Crippen LogP contribution >= 0.6 is 0 Å². The molecule has 1 aliphatic carbocycles. The largest absolute Gasteiger partial charge is 0.497 e. The summed E-state index contributed by atoms with van der Waals surface area (Å²) in [5.41, 5.74) is 6.88. The molecule has 3 aromatic carbocycles. The van der Waals surface area contributed by atoms with Crippen molar-refractivity contribution in [3.05, 3.63) is 88.5 Å². The van der Waals surface area contributed by atoms with Crippen molar-refractivity contribution in [3.8, 4) is 17.2 Å². The predicted octanol–water partition coefficient (Wildman–Crippen LogP) is 6.13. The van der Waals surface area contributed by atoms with Gasteiger partial charge < -0.3 is 19.5 Å². The van der Waals surface area contributed by atoms with Crippen LogP contribution in [0.1, 0.15) is 59.4 Å². The minimum absolute atomic E-state index is 0.514. The number of hydrogen-bond acceptors (Lipinski definition) is 5. The highest BCUT2D eigenvalue weighted by Gasteiger charge is 2.23. The third-order valence-electron chi connectivity index (χ3n) is 8.12. The van der Waals surface area contributed by atoms with E-state index >= 15 is 0 Å². The zero-order chi connectivity index (χ0) is 26.2. The Labute approximate surface area is 228 Å². The topological polar surface area (TPSA) is 43.0 Å². The third kappa shape index (κ3) is 6.89. The SMILES string of the molecule is COc1ccc2c(c1)CCC(c1ccc(OC)cc1CNCc1ccc(OCCN3CCCCC3)cc1)C2. The molecule has 1 saturated heterocycles. The van der Waals surface area contributed by atoms with Crippen LogP contribution in [0.4, 0.5) is 0 Å². The zero-order valence-corrected chi connectivity index (χ0v) is 23.0. The van der Waals surface area contributed by atoms with Crippen LogP contribution in [0.15, 0.2) is 60.7 Å². The highest BCUT2D eigenvalue weighted by molar-refractivity contribution is 5.43. The molecule has 0 saturated carbocycles. The van der Waals surface area contributed by atoms with Crippen LogP contribution in [0.2, 0.25) is 0 Å². The molecule has 0 spiro atoms. The number of nitrogens with one attached hydrogen (secondary N) is 1. The lowest BCUT2D eigenvalue weighted by atomic mass is 9.78. The average Bonchev–Trinajstić information content (AvgIpc) is 2.98. The summed E-state index contributed by atoms with van der Waals surface area (Å²) in [5, 5.41) is 3.67. The lowest BCUT2D eigenvalue weighted by molar-refractivity contribution is 0.183. The Bertz CT molecular complexity index is 1170. The second-order valence-electron chi connectivity index (χ2n) is 10.6. The lowest BCUT2D eigenvalue weighted by Crippen LogP contribution is -2.33. The van der Waals surface area contributed by atoms with Crippen molar-refractivity contribution in [3.63, 3.8) is 0 Å².